The minimum Gasteiger partial charge on any atom is -0.392 e. The number of hydrogen-bond acceptors (Lipinski definition) is 3. The molecule has 0 bridgehead atoms. The smallest absolute Gasteiger partial charge is 0.0633 e. The van der Waals surface area contributed by atoms with Crippen molar-refractivity contribution in [2.45, 2.75) is 18.9 Å². The lowest BCUT2D eigenvalue weighted by Crippen LogP contribution is -2.10. The van der Waals surface area contributed by atoms with Gasteiger partial charge < -0.3 is 5.11 Å². The van der Waals surface area contributed by atoms with Crippen molar-refractivity contribution in [3.63, 3.8) is 0 Å². The van der Waals surface area contributed by atoms with E-state index in [2.05, 4.69) is 16.8 Å². The fourth-order valence-corrected chi connectivity index (χ4v) is 2.30. The van der Waals surface area contributed by atoms with E-state index in [1.165, 1.54) is 5.56 Å². The third-order valence-corrected chi connectivity index (χ3v) is 3.16. The molecule has 0 saturated heterocycles. The third kappa shape index (κ3) is 3.61. The van der Waals surface area contributed by atoms with Crippen LogP contribution in [-0.2, 0) is 6.42 Å². The van der Waals surface area contributed by atoms with Gasteiger partial charge in [-0.15, -0.1) is 0 Å². The first-order valence-electron chi connectivity index (χ1n) is 4.01. The maximum Gasteiger partial charge on any atom is 0.0633 e. The van der Waals surface area contributed by atoms with Crippen LogP contribution in [0.15, 0.2) is 16.8 Å². The van der Waals surface area contributed by atoms with Crippen molar-refractivity contribution in [1.29, 1.82) is 0 Å². The summed E-state index contributed by atoms with van der Waals surface area (Å²) in [6, 6.07) is 2.12. The normalized spacial score (nSPS) is 13.2. The van der Waals surface area contributed by atoms with Gasteiger partial charge in [-0.1, -0.05) is 0 Å². The third-order valence-electron chi connectivity index (χ3n) is 1.71. The van der Waals surface area contributed by atoms with Gasteiger partial charge in [0.25, 0.3) is 0 Å². The molecule has 1 nitrogen and oxygen atoms in total. The highest BCUT2D eigenvalue weighted by Gasteiger charge is 2.02. The number of aryl methyl sites for hydroxylation is 1. The molecule has 0 aliphatic carbocycles. The highest BCUT2D eigenvalue weighted by Crippen LogP contribution is 2.11. The van der Waals surface area contributed by atoms with Gasteiger partial charge in [0, 0.05) is 5.75 Å². The van der Waals surface area contributed by atoms with Crippen LogP contribution in [0.5, 0.6) is 0 Å². The summed E-state index contributed by atoms with van der Waals surface area (Å²) >= 11 is 3.42. The van der Waals surface area contributed by atoms with Gasteiger partial charge in [0.2, 0.25) is 0 Å². The van der Waals surface area contributed by atoms with Gasteiger partial charge in [0.1, 0.15) is 0 Å². The SMILES string of the molecule is CSCC(O)CCc1ccsc1. The van der Waals surface area contributed by atoms with Gasteiger partial charge in [-0.25, -0.2) is 0 Å². The lowest BCUT2D eigenvalue weighted by Gasteiger charge is -2.06. The second-order valence-electron chi connectivity index (χ2n) is 2.78. The van der Waals surface area contributed by atoms with Crippen molar-refractivity contribution in [3.8, 4) is 0 Å². The van der Waals surface area contributed by atoms with Gasteiger partial charge in [0.15, 0.2) is 0 Å². The number of hydrogen-bond donors (Lipinski definition) is 1. The molecule has 1 N–H and O–H groups in total. The molecule has 0 aliphatic rings. The molecule has 0 spiro atoms. The number of thioether (sulfide) groups is 1. The van der Waals surface area contributed by atoms with Crippen LogP contribution in [-0.4, -0.2) is 23.2 Å². The van der Waals surface area contributed by atoms with Crippen molar-refractivity contribution in [1.82, 2.24) is 0 Å². The van der Waals surface area contributed by atoms with Crippen LogP contribution in [0.2, 0.25) is 0 Å². The van der Waals surface area contributed by atoms with Crippen molar-refractivity contribution < 1.29 is 5.11 Å². The summed E-state index contributed by atoms with van der Waals surface area (Å²) in [6.45, 7) is 0. The summed E-state index contributed by atoms with van der Waals surface area (Å²) in [5.74, 6) is 0.851. The van der Waals surface area contributed by atoms with Gasteiger partial charge in [0.05, 0.1) is 6.10 Å². The number of rotatable bonds is 5. The molecule has 1 unspecified atom stereocenters. The summed E-state index contributed by atoms with van der Waals surface area (Å²) in [4.78, 5) is 0. The Morgan fingerprint density at radius 2 is 2.50 bits per heavy atom. The number of thiophene rings is 1. The summed E-state index contributed by atoms with van der Waals surface area (Å²) < 4.78 is 0. The first-order valence-corrected chi connectivity index (χ1v) is 6.34. The summed E-state index contributed by atoms with van der Waals surface area (Å²) in [7, 11) is 0. The van der Waals surface area contributed by atoms with Gasteiger partial charge in [-0.2, -0.15) is 23.1 Å². The van der Waals surface area contributed by atoms with Crippen LogP contribution in [0, 0.1) is 0 Å². The Morgan fingerprint density at radius 1 is 1.67 bits per heavy atom. The average molecular weight is 202 g/mol. The van der Waals surface area contributed by atoms with E-state index in [1.54, 1.807) is 23.1 Å². The minimum absolute atomic E-state index is 0.139. The van der Waals surface area contributed by atoms with Crippen LogP contribution in [0.1, 0.15) is 12.0 Å². The van der Waals surface area contributed by atoms with E-state index in [-0.39, 0.29) is 6.10 Å². The Balaban J connectivity index is 2.17. The molecule has 1 aromatic rings. The predicted octanol–water partition coefficient (Wildman–Crippen LogP) is 2.40. The molecule has 1 heterocycles. The van der Waals surface area contributed by atoms with Gasteiger partial charge in [-0.3, -0.25) is 0 Å². The van der Waals surface area contributed by atoms with Gasteiger partial charge >= 0.3 is 0 Å². The van der Waals surface area contributed by atoms with Crippen LogP contribution < -0.4 is 0 Å². The lowest BCUT2D eigenvalue weighted by atomic mass is 10.1. The van der Waals surface area contributed by atoms with E-state index in [0.717, 1.165) is 18.6 Å². The summed E-state index contributed by atoms with van der Waals surface area (Å²) in [5.41, 5.74) is 1.35. The van der Waals surface area contributed by atoms with E-state index < -0.39 is 0 Å². The molecule has 3 heteroatoms. The van der Waals surface area contributed by atoms with Crippen molar-refractivity contribution in [2.75, 3.05) is 12.0 Å². The average Bonchev–Trinajstić information content (AvgIpc) is 2.53. The largest absolute Gasteiger partial charge is 0.392 e. The number of aliphatic hydroxyl groups excluding tert-OH is 1. The molecular weight excluding hydrogens is 188 g/mol. The second kappa shape index (κ2) is 5.62. The molecule has 68 valence electrons. The minimum atomic E-state index is -0.139. The Bertz CT molecular complexity index is 196. The van der Waals surface area contributed by atoms with Crippen LogP contribution in [0.25, 0.3) is 0 Å². The van der Waals surface area contributed by atoms with E-state index in [1.807, 2.05) is 6.26 Å². The van der Waals surface area contributed by atoms with Crippen LogP contribution in [0.3, 0.4) is 0 Å². The Hall–Kier alpha value is 0.01000. The molecular formula is C9H14OS2. The van der Waals surface area contributed by atoms with E-state index in [0.29, 0.717) is 0 Å². The summed E-state index contributed by atoms with van der Waals surface area (Å²) in [5, 5.41) is 13.7. The fraction of sp³-hybridized carbons (Fsp3) is 0.556. The van der Waals surface area contributed by atoms with Crippen molar-refractivity contribution in [2.24, 2.45) is 0 Å². The first-order chi connectivity index (χ1) is 5.83. The molecule has 0 fully saturated rings. The first kappa shape index (κ1) is 10.1. The predicted molar refractivity (Wildman–Crippen MR) is 57.0 cm³/mol. The molecule has 12 heavy (non-hydrogen) atoms. The monoisotopic (exact) mass is 202 g/mol. The fourth-order valence-electron chi connectivity index (χ4n) is 1.04. The summed E-state index contributed by atoms with van der Waals surface area (Å²) in [6.07, 6.45) is 3.77. The van der Waals surface area contributed by atoms with E-state index in [4.69, 9.17) is 0 Å². The Kier molecular flexibility index (Phi) is 4.73. The topological polar surface area (TPSA) is 20.2 Å². The lowest BCUT2D eigenvalue weighted by molar-refractivity contribution is 0.189. The zero-order valence-corrected chi connectivity index (χ0v) is 8.83. The Labute approximate surface area is 81.8 Å². The number of aliphatic hydroxyl groups is 1. The van der Waals surface area contributed by atoms with Crippen LogP contribution >= 0.6 is 23.1 Å². The molecule has 0 amide bonds. The quantitative estimate of drug-likeness (QED) is 0.791. The molecule has 0 aromatic carbocycles. The molecule has 0 aliphatic heterocycles. The molecule has 1 atom stereocenters. The molecule has 0 saturated carbocycles. The van der Waals surface area contributed by atoms with Crippen molar-refractivity contribution in [3.05, 3.63) is 22.4 Å². The highest BCUT2D eigenvalue weighted by atomic mass is 32.2. The Morgan fingerprint density at radius 3 is 3.08 bits per heavy atom. The highest BCUT2D eigenvalue weighted by molar-refractivity contribution is 7.98. The zero-order valence-electron chi connectivity index (χ0n) is 7.19. The molecule has 0 radical (unpaired) electrons. The standard InChI is InChI=1S/C9H14OS2/c1-11-7-9(10)3-2-8-4-5-12-6-8/h4-6,9-10H,2-3,7H2,1H3. The van der Waals surface area contributed by atoms with Gasteiger partial charge in [-0.05, 0) is 41.5 Å². The zero-order chi connectivity index (χ0) is 8.81. The van der Waals surface area contributed by atoms with E-state index in [9.17, 15) is 5.11 Å². The maximum atomic E-state index is 9.43. The molecule has 1 rings (SSSR count). The molecule has 1 aromatic heterocycles. The second-order valence-corrected chi connectivity index (χ2v) is 4.47. The van der Waals surface area contributed by atoms with Crippen LogP contribution in [0.4, 0.5) is 0 Å². The van der Waals surface area contributed by atoms with E-state index >= 15 is 0 Å². The van der Waals surface area contributed by atoms with Crippen molar-refractivity contribution >= 4 is 23.1 Å². The maximum absolute atomic E-state index is 9.43.